The average molecular weight is 447 g/mol. The molecule has 0 bridgehead atoms. The Morgan fingerprint density at radius 3 is 2.30 bits per heavy atom. The summed E-state index contributed by atoms with van der Waals surface area (Å²) in [6.07, 6.45) is 3.59. The number of anilines is 1. The molecule has 2 amide bonds. The number of allylic oxidation sites excluding steroid dienone is 1. The molecule has 5 rings (SSSR count). The van der Waals surface area contributed by atoms with E-state index in [0.29, 0.717) is 0 Å². The zero-order valence-corrected chi connectivity index (χ0v) is 19.1. The highest BCUT2D eigenvalue weighted by Gasteiger charge is 2.62. The summed E-state index contributed by atoms with van der Waals surface area (Å²) >= 11 is 0. The molecule has 33 heavy (non-hydrogen) atoms. The Kier molecular flexibility index (Phi) is 5.94. The van der Waals surface area contributed by atoms with Gasteiger partial charge in [-0.25, -0.2) is 5.06 Å². The minimum atomic E-state index is -0.830. The number of carbonyl (C=O) groups excluding carboxylic acids is 2. The second-order valence-electron chi connectivity index (χ2n) is 9.05. The molecule has 3 aliphatic heterocycles. The Labute approximate surface area is 194 Å². The molecule has 2 aromatic carbocycles. The van der Waals surface area contributed by atoms with Crippen LogP contribution in [0.1, 0.15) is 38.7 Å². The van der Waals surface area contributed by atoms with E-state index < -0.39 is 12.0 Å². The fourth-order valence-electron chi connectivity index (χ4n) is 5.32. The van der Waals surface area contributed by atoms with Crippen LogP contribution in [0.2, 0.25) is 0 Å². The summed E-state index contributed by atoms with van der Waals surface area (Å²) in [5.74, 6) is -0.807. The largest absolute Gasteiger partial charge is 0.495 e. The molecule has 0 N–H and O–H groups in total. The molecule has 0 aromatic heterocycles. The monoisotopic (exact) mass is 446 g/mol. The number of hydroxylamine groups is 1. The van der Waals surface area contributed by atoms with E-state index in [0.717, 1.165) is 30.5 Å². The number of amides is 2. The van der Waals surface area contributed by atoms with E-state index in [9.17, 15) is 9.59 Å². The van der Waals surface area contributed by atoms with Crippen molar-refractivity contribution < 1.29 is 19.2 Å². The molecule has 0 unspecified atom stereocenters. The van der Waals surface area contributed by atoms with Crippen LogP contribution in [0, 0.1) is 11.8 Å². The molecule has 0 spiro atoms. The average Bonchev–Trinajstić information content (AvgIpc) is 3.36. The zero-order valence-electron chi connectivity index (χ0n) is 19.1. The molecular weight excluding hydrogens is 416 g/mol. The number of ether oxygens (including phenoxy) is 1. The van der Waals surface area contributed by atoms with Crippen molar-refractivity contribution in [3.8, 4) is 0 Å². The third-order valence-electron chi connectivity index (χ3n) is 7.14. The molecule has 6 heteroatoms. The van der Waals surface area contributed by atoms with Gasteiger partial charge in [0.2, 0.25) is 5.91 Å². The fourth-order valence-corrected chi connectivity index (χ4v) is 5.32. The standard InChI is InChI=1S/C27H30N2O4/c1-3-18-15-20(4-2)24(32-17-18)23-22-25(33-29(23)21-13-9-6-10-14-21)27(31)28(26(22)30)16-19-11-7-5-8-12-19/h5-14,17,20,22-25H,3-4,15-16H2,1-2H3/t20-,22-,23-,24-,25-/m1/s1. The van der Waals surface area contributed by atoms with Gasteiger partial charge in [-0.3, -0.25) is 19.3 Å². The van der Waals surface area contributed by atoms with Gasteiger partial charge in [0, 0.05) is 5.92 Å². The first-order valence-electron chi connectivity index (χ1n) is 11.9. The summed E-state index contributed by atoms with van der Waals surface area (Å²) in [5.41, 5.74) is 3.03. The SMILES string of the molecule is CCC1=CO[C@@H]([C@H]2[C@H]3C(=O)N(Cc4ccccc4)C(=O)[C@@H]3ON2c2ccccc2)[C@H](CC)C1. The number of nitrogens with zero attached hydrogens (tertiary/aromatic N) is 2. The van der Waals surface area contributed by atoms with Crippen molar-refractivity contribution in [2.45, 2.75) is 57.9 Å². The molecule has 0 aliphatic carbocycles. The quantitative estimate of drug-likeness (QED) is 0.613. The van der Waals surface area contributed by atoms with Crippen LogP contribution in [0.3, 0.4) is 0 Å². The van der Waals surface area contributed by atoms with Crippen LogP contribution in [-0.2, 0) is 25.7 Å². The van der Waals surface area contributed by atoms with Gasteiger partial charge >= 0.3 is 0 Å². The molecular formula is C27H30N2O4. The number of carbonyl (C=O) groups is 2. The number of hydrogen-bond acceptors (Lipinski definition) is 5. The van der Waals surface area contributed by atoms with Crippen LogP contribution in [-0.4, -0.2) is 35.0 Å². The number of likely N-dealkylation sites (tertiary alicyclic amines) is 1. The molecule has 2 saturated heterocycles. The van der Waals surface area contributed by atoms with E-state index in [1.807, 2.05) is 66.9 Å². The highest BCUT2D eigenvalue weighted by Crippen LogP contribution is 2.44. The Morgan fingerprint density at radius 1 is 0.939 bits per heavy atom. The molecule has 3 aliphatic rings. The lowest BCUT2D eigenvalue weighted by atomic mass is 9.80. The third kappa shape index (κ3) is 3.82. The summed E-state index contributed by atoms with van der Waals surface area (Å²) in [5, 5.41) is 1.77. The van der Waals surface area contributed by atoms with Gasteiger partial charge in [-0.1, -0.05) is 62.4 Å². The number of hydrogen-bond donors (Lipinski definition) is 0. The van der Waals surface area contributed by atoms with Crippen molar-refractivity contribution >= 4 is 17.5 Å². The van der Waals surface area contributed by atoms with Crippen molar-refractivity contribution in [1.82, 2.24) is 4.90 Å². The van der Waals surface area contributed by atoms with Crippen LogP contribution in [0.25, 0.3) is 0 Å². The van der Waals surface area contributed by atoms with Gasteiger partial charge in [0.1, 0.15) is 18.1 Å². The third-order valence-corrected chi connectivity index (χ3v) is 7.14. The smallest absolute Gasteiger partial charge is 0.262 e. The summed E-state index contributed by atoms with van der Waals surface area (Å²) in [6, 6.07) is 18.9. The molecule has 0 saturated carbocycles. The number of benzene rings is 2. The maximum atomic E-state index is 13.7. The first kappa shape index (κ1) is 21.7. The minimum absolute atomic E-state index is 0.180. The van der Waals surface area contributed by atoms with Crippen LogP contribution in [0.15, 0.2) is 72.5 Å². The lowest BCUT2D eigenvalue weighted by molar-refractivity contribution is -0.144. The maximum Gasteiger partial charge on any atom is 0.262 e. The second-order valence-corrected chi connectivity index (χ2v) is 9.05. The van der Waals surface area contributed by atoms with E-state index >= 15 is 0 Å². The van der Waals surface area contributed by atoms with Gasteiger partial charge in [0.15, 0.2) is 6.10 Å². The molecule has 2 fully saturated rings. The van der Waals surface area contributed by atoms with Gasteiger partial charge in [-0.2, -0.15) is 0 Å². The lowest BCUT2D eigenvalue weighted by Gasteiger charge is -2.39. The summed E-state index contributed by atoms with van der Waals surface area (Å²) in [7, 11) is 0. The Hall–Kier alpha value is -3.12. The Balaban J connectivity index is 1.50. The molecule has 0 radical (unpaired) electrons. The first-order valence-corrected chi connectivity index (χ1v) is 11.9. The molecule has 2 aromatic rings. The van der Waals surface area contributed by atoms with Crippen LogP contribution >= 0.6 is 0 Å². The van der Waals surface area contributed by atoms with Crippen molar-refractivity contribution in [3.63, 3.8) is 0 Å². The van der Waals surface area contributed by atoms with E-state index in [4.69, 9.17) is 9.57 Å². The van der Waals surface area contributed by atoms with E-state index in [-0.39, 0.29) is 36.4 Å². The minimum Gasteiger partial charge on any atom is -0.495 e. The predicted molar refractivity (Wildman–Crippen MR) is 125 cm³/mol. The Morgan fingerprint density at radius 2 is 1.64 bits per heavy atom. The summed E-state index contributed by atoms with van der Waals surface area (Å²) in [4.78, 5) is 34.6. The van der Waals surface area contributed by atoms with Gasteiger partial charge in [-0.05, 0) is 42.5 Å². The van der Waals surface area contributed by atoms with Crippen molar-refractivity contribution in [2.75, 3.05) is 5.06 Å². The predicted octanol–water partition coefficient (Wildman–Crippen LogP) is 4.47. The highest BCUT2D eigenvalue weighted by atomic mass is 16.7. The first-order chi connectivity index (χ1) is 16.1. The summed E-state index contributed by atoms with van der Waals surface area (Å²) < 4.78 is 6.30. The number of para-hydroxylation sites is 1. The van der Waals surface area contributed by atoms with Gasteiger partial charge in [-0.15, -0.1) is 0 Å². The van der Waals surface area contributed by atoms with Crippen molar-refractivity contribution in [3.05, 3.63) is 78.1 Å². The van der Waals surface area contributed by atoms with Crippen LogP contribution in [0.5, 0.6) is 0 Å². The summed E-state index contributed by atoms with van der Waals surface area (Å²) in [6.45, 7) is 4.55. The second kappa shape index (κ2) is 9.02. The van der Waals surface area contributed by atoms with E-state index in [1.54, 1.807) is 5.06 Å². The number of imide groups is 1. The fraction of sp³-hybridized carbons (Fsp3) is 0.407. The van der Waals surface area contributed by atoms with E-state index in [1.165, 1.54) is 10.5 Å². The maximum absolute atomic E-state index is 13.7. The zero-order chi connectivity index (χ0) is 22.9. The van der Waals surface area contributed by atoms with Crippen LogP contribution in [0.4, 0.5) is 5.69 Å². The number of fused-ring (bicyclic) bond motifs is 1. The molecule has 5 atom stereocenters. The Bertz CT molecular complexity index is 1040. The normalized spacial score (nSPS) is 29.2. The highest BCUT2D eigenvalue weighted by molar-refractivity contribution is 6.07. The van der Waals surface area contributed by atoms with Gasteiger partial charge in [0.05, 0.1) is 18.5 Å². The van der Waals surface area contributed by atoms with Gasteiger partial charge in [0.25, 0.3) is 5.91 Å². The number of rotatable bonds is 6. The molecule has 3 heterocycles. The molecule has 172 valence electrons. The van der Waals surface area contributed by atoms with Crippen molar-refractivity contribution in [1.29, 1.82) is 0 Å². The lowest BCUT2D eigenvalue weighted by Crippen LogP contribution is -2.50. The van der Waals surface area contributed by atoms with Crippen molar-refractivity contribution in [2.24, 2.45) is 11.8 Å². The van der Waals surface area contributed by atoms with Crippen LogP contribution < -0.4 is 5.06 Å². The topological polar surface area (TPSA) is 59.1 Å². The van der Waals surface area contributed by atoms with E-state index in [2.05, 4.69) is 13.8 Å². The van der Waals surface area contributed by atoms with Gasteiger partial charge < -0.3 is 4.74 Å². The molecule has 6 nitrogen and oxygen atoms in total.